The molecule has 2 nitrogen and oxygen atoms in total. The molecule has 1 aliphatic heterocycles. The Balaban J connectivity index is 0.00000169. The van der Waals surface area contributed by atoms with E-state index in [1.807, 2.05) is 0 Å². The van der Waals surface area contributed by atoms with E-state index < -0.39 is 0 Å². The summed E-state index contributed by atoms with van der Waals surface area (Å²) in [5.41, 5.74) is 0. The minimum Gasteiger partial charge on any atom is -0.344 e. The van der Waals surface area contributed by atoms with Gasteiger partial charge in [0.1, 0.15) is 0 Å². The Morgan fingerprint density at radius 1 is 0.857 bits per heavy atom. The zero-order valence-electron chi connectivity index (χ0n) is 9.31. The Morgan fingerprint density at radius 3 is 2.14 bits per heavy atom. The average molecular weight is 265 g/mol. The van der Waals surface area contributed by atoms with Gasteiger partial charge in [0.2, 0.25) is 0 Å². The van der Waals surface area contributed by atoms with Gasteiger partial charge in [0.15, 0.2) is 0 Å². The van der Waals surface area contributed by atoms with E-state index in [0.717, 1.165) is 0 Å². The standard InChI is InChI=1S/C11H22BrN.H3N/c12-8-4-1-2-5-9-13-10-6-3-7-11-13;/h1-11H2;1H3. The Labute approximate surface area is 97.1 Å². The van der Waals surface area contributed by atoms with E-state index in [0.29, 0.717) is 0 Å². The second kappa shape index (κ2) is 9.94. The third-order valence-electron chi connectivity index (χ3n) is 2.81. The molecular weight excluding hydrogens is 240 g/mol. The number of unbranched alkanes of at least 4 members (excludes halogenated alkanes) is 3. The number of alkyl halides is 1. The number of halogens is 1. The van der Waals surface area contributed by atoms with Crippen molar-refractivity contribution in [3.05, 3.63) is 0 Å². The molecule has 1 heterocycles. The summed E-state index contributed by atoms with van der Waals surface area (Å²) in [5.74, 6) is 0. The first-order valence-electron chi connectivity index (χ1n) is 5.72. The van der Waals surface area contributed by atoms with Crippen molar-refractivity contribution in [3.8, 4) is 0 Å². The molecule has 0 aromatic rings. The number of hydrogen-bond donors (Lipinski definition) is 1. The first-order chi connectivity index (χ1) is 6.43. The van der Waals surface area contributed by atoms with Gasteiger partial charge in [-0.25, -0.2) is 0 Å². The summed E-state index contributed by atoms with van der Waals surface area (Å²) in [6, 6.07) is 0. The summed E-state index contributed by atoms with van der Waals surface area (Å²) < 4.78 is 0. The summed E-state index contributed by atoms with van der Waals surface area (Å²) in [6.45, 7) is 4.07. The molecule has 3 N–H and O–H groups in total. The normalized spacial score (nSPS) is 17.8. The fourth-order valence-electron chi connectivity index (χ4n) is 1.97. The average Bonchev–Trinajstić information content (AvgIpc) is 2.19. The van der Waals surface area contributed by atoms with Gasteiger partial charge in [0.05, 0.1) is 0 Å². The van der Waals surface area contributed by atoms with Crippen molar-refractivity contribution in [3.63, 3.8) is 0 Å². The summed E-state index contributed by atoms with van der Waals surface area (Å²) >= 11 is 3.47. The van der Waals surface area contributed by atoms with Crippen LogP contribution in [0.1, 0.15) is 44.9 Å². The van der Waals surface area contributed by atoms with Crippen molar-refractivity contribution in [2.75, 3.05) is 25.0 Å². The molecule has 3 heteroatoms. The lowest BCUT2D eigenvalue weighted by Crippen LogP contribution is -2.30. The van der Waals surface area contributed by atoms with Crippen LogP contribution in [0.4, 0.5) is 0 Å². The number of nitrogens with zero attached hydrogens (tertiary/aromatic N) is 1. The number of rotatable bonds is 6. The maximum atomic E-state index is 3.47. The second-order valence-electron chi connectivity index (χ2n) is 4.01. The van der Waals surface area contributed by atoms with E-state index in [4.69, 9.17) is 0 Å². The van der Waals surface area contributed by atoms with Crippen LogP contribution in [-0.4, -0.2) is 29.9 Å². The first-order valence-corrected chi connectivity index (χ1v) is 6.84. The Bertz CT molecular complexity index is 114. The van der Waals surface area contributed by atoms with Crippen LogP contribution in [0.25, 0.3) is 0 Å². The Morgan fingerprint density at radius 2 is 1.50 bits per heavy atom. The van der Waals surface area contributed by atoms with Crippen molar-refractivity contribution in [2.45, 2.75) is 44.9 Å². The first kappa shape index (κ1) is 14.4. The van der Waals surface area contributed by atoms with Crippen molar-refractivity contribution in [1.29, 1.82) is 0 Å². The number of likely N-dealkylation sites (tertiary alicyclic amines) is 1. The molecular formula is C11H25BrN2. The topological polar surface area (TPSA) is 38.2 Å². The summed E-state index contributed by atoms with van der Waals surface area (Å²) in [6.07, 6.45) is 9.90. The van der Waals surface area contributed by atoms with Crippen LogP contribution in [0.2, 0.25) is 0 Å². The van der Waals surface area contributed by atoms with Gasteiger partial charge >= 0.3 is 0 Å². The molecule has 0 bridgehead atoms. The lowest BCUT2D eigenvalue weighted by molar-refractivity contribution is 0.224. The van der Waals surface area contributed by atoms with Crippen LogP contribution in [0.15, 0.2) is 0 Å². The SMILES string of the molecule is BrCCCCCCN1CCCCC1.N. The minimum absolute atomic E-state index is 0. The van der Waals surface area contributed by atoms with E-state index >= 15 is 0 Å². The van der Waals surface area contributed by atoms with Gasteiger partial charge in [-0.05, 0) is 45.3 Å². The number of piperidine rings is 1. The van der Waals surface area contributed by atoms with Crippen molar-refractivity contribution in [1.82, 2.24) is 11.1 Å². The highest BCUT2D eigenvalue weighted by Gasteiger charge is 2.08. The van der Waals surface area contributed by atoms with E-state index in [1.54, 1.807) is 0 Å². The molecule has 0 aromatic carbocycles. The highest BCUT2D eigenvalue weighted by molar-refractivity contribution is 9.09. The van der Waals surface area contributed by atoms with Gasteiger partial charge in [0, 0.05) is 5.33 Å². The molecule has 1 aliphatic rings. The summed E-state index contributed by atoms with van der Waals surface area (Å²) in [4.78, 5) is 2.64. The van der Waals surface area contributed by atoms with Crippen LogP contribution in [0, 0.1) is 0 Å². The molecule has 0 radical (unpaired) electrons. The third-order valence-corrected chi connectivity index (χ3v) is 3.37. The van der Waals surface area contributed by atoms with Crippen molar-refractivity contribution in [2.24, 2.45) is 0 Å². The largest absolute Gasteiger partial charge is 0.344 e. The van der Waals surface area contributed by atoms with Crippen LogP contribution >= 0.6 is 15.9 Å². The van der Waals surface area contributed by atoms with Crippen molar-refractivity contribution < 1.29 is 0 Å². The van der Waals surface area contributed by atoms with Crippen molar-refractivity contribution >= 4 is 15.9 Å². The smallest absolute Gasteiger partial charge is 0.00313 e. The molecule has 1 fully saturated rings. The molecule has 0 spiro atoms. The van der Waals surface area contributed by atoms with Crippen LogP contribution < -0.4 is 6.15 Å². The molecule has 0 saturated carbocycles. The number of hydrogen-bond acceptors (Lipinski definition) is 2. The lowest BCUT2D eigenvalue weighted by atomic mass is 10.1. The summed E-state index contributed by atoms with van der Waals surface area (Å²) in [7, 11) is 0. The van der Waals surface area contributed by atoms with Gasteiger partial charge < -0.3 is 11.1 Å². The monoisotopic (exact) mass is 264 g/mol. The van der Waals surface area contributed by atoms with E-state index in [2.05, 4.69) is 20.8 Å². The van der Waals surface area contributed by atoms with E-state index in [9.17, 15) is 0 Å². The maximum Gasteiger partial charge on any atom is 0.00313 e. The molecule has 0 aromatic heterocycles. The molecule has 86 valence electrons. The summed E-state index contributed by atoms with van der Waals surface area (Å²) in [5, 5.41) is 1.18. The highest BCUT2D eigenvalue weighted by atomic mass is 79.9. The fourth-order valence-corrected chi connectivity index (χ4v) is 2.36. The van der Waals surface area contributed by atoms with Gasteiger partial charge in [-0.3, -0.25) is 0 Å². The molecule has 1 saturated heterocycles. The van der Waals surface area contributed by atoms with E-state index in [-0.39, 0.29) is 6.15 Å². The second-order valence-corrected chi connectivity index (χ2v) is 4.80. The Kier molecular flexibility index (Phi) is 10.2. The van der Waals surface area contributed by atoms with Gasteiger partial charge in [-0.2, -0.15) is 0 Å². The predicted molar refractivity (Wildman–Crippen MR) is 67.6 cm³/mol. The molecule has 0 aliphatic carbocycles. The Hall–Kier alpha value is 0.400. The fraction of sp³-hybridized carbons (Fsp3) is 1.00. The molecule has 0 amide bonds. The van der Waals surface area contributed by atoms with Gasteiger partial charge in [-0.1, -0.05) is 35.2 Å². The van der Waals surface area contributed by atoms with Gasteiger partial charge in [-0.15, -0.1) is 0 Å². The minimum atomic E-state index is 0. The van der Waals surface area contributed by atoms with Crippen LogP contribution in [0.5, 0.6) is 0 Å². The van der Waals surface area contributed by atoms with Crippen LogP contribution in [0.3, 0.4) is 0 Å². The highest BCUT2D eigenvalue weighted by Crippen LogP contribution is 2.10. The third kappa shape index (κ3) is 6.80. The quantitative estimate of drug-likeness (QED) is 0.588. The molecule has 0 unspecified atom stereocenters. The molecule has 1 rings (SSSR count). The molecule has 0 atom stereocenters. The predicted octanol–water partition coefficient (Wildman–Crippen LogP) is 3.59. The zero-order valence-corrected chi connectivity index (χ0v) is 10.9. The van der Waals surface area contributed by atoms with Gasteiger partial charge in [0.25, 0.3) is 0 Å². The maximum absolute atomic E-state index is 3.47. The zero-order chi connectivity index (χ0) is 9.36. The lowest BCUT2D eigenvalue weighted by Gasteiger charge is -2.26. The van der Waals surface area contributed by atoms with E-state index in [1.165, 1.54) is 69.9 Å². The van der Waals surface area contributed by atoms with Crippen LogP contribution in [-0.2, 0) is 0 Å². The molecule has 14 heavy (non-hydrogen) atoms.